The van der Waals surface area contributed by atoms with Crippen LogP contribution >= 0.6 is 34.7 Å². The largest absolute Gasteiger partial charge is 0.472 e. The minimum atomic E-state index is -3.60. The highest BCUT2D eigenvalue weighted by Gasteiger charge is 2.27. The topological polar surface area (TPSA) is 109 Å². The van der Waals surface area contributed by atoms with Crippen LogP contribution in [0.25, 0.3) is 44.5 Å². The summed E-state index contributed by atoms with van der Waals surface area (Å²) in [6.45, 7) is 0. The molecule has 3 N–H and O–H groups in total. The van der Waals surface area contributed by atoms with E-state index >= 15 is 0 Å². The highest BCUT2D eigenvalue weighted by atomic mass is 32.2. The summed E-state index contributed by atoms with van der Waals surface area (Å²) < 4.78 is 49.0. The van der Waals surface area contributed by atoms with Crippen LogP contribution in [0, 0.1) is 0 Å². The molecule has 73 heavy (non-hydrogen) atoms. The Labute approximate surface area is 432 Å². The summed E-state index contributed by atoms with van der Waals surface area (Å²) in [4.78, 5) is 0.443. The van der Waals surface area contributed by atoms with E-state index in [-0.39, 0.29) is 9.79 Å². The molecule has 0 aliphatic carbocycles. The highest BCUT2D eigenvalue weighted by molar-refractivity contribution is 7.91. The van der Waals surface area contributed by atoms with Gasteiger partial charge in [-0.2, -0.15) is 0 Å². The van der Waals surface area contributed by atoms with Crippen LogP contribution in [0.2, 0.25) is 0 Å². The summed E-state index contributed by atoms with van der Waals surface area (Å²) >= 11 is 0. The Morgan fingerprint density at radius 2 is 0.685 bits per heavy atom. The van der Waals surface area contributed by atoms with E-state index in [2.05, 4.69) is 114 Å². The SMILES string of the molecule is Nc1ccc(S(=O)(=O)c2ccc(NP3Oc4ccccc4-c4ccccc43)cc2)cc1.c1ccc2c(c1)OPc1ccccc1-2.c1ccc2c(c1)OPc1ccccc1-2.c1ccc2c(c1)OPc1ccccc1-2. The molecule has 0 spiro atoms. The van der Waals surface area contributed by atoms with Gasteiger partial charge in [-0.3, -0.25) is 0 Å². The lowest BCUT2D eigenvalue weighted by molar-refractivity contribution is 0.596. The van der Waals surface area contributed by atoms with Gasteiger partial charge in [-0.15, -0.1) is 0 Å². The smallest absolute Gasteiger partial charge is 0.223 e. The number of nitrogen functional groups attached to an aromatic ring is 1. The lowest BCUT2D eigenvalue weighted by atomic mass is 10.0. The van der Waals surface area contributed by atoms with Crippen LogP contribution in [0.3, 0.4) is 0 Å². The third-order valence-electron chi connectivity index (χ3n) is 12.2. The molecule has 4 aliphatic rings. The molecule has 0 amide bonds. The zero-order valence-corrected chi connectivity index (χ0v) is 43.7. The number of benzene rings is 10. The Kier molecular flexibility index (Phi) is 14.3. The van der Waals surface area contributed by atoms with Crippen molar-refractivity contribution in [3.8, 4) is 67.5 Å². The summed E-state index contributed by atoms with van der Waals surface area (Å²) in [6.07, 6.45) is 0. The number of para-hydroxylation sites is 4. The van der Waals surface area contributed by atoms with Crippen molar-refractivity contribution in [1.29, 1.82) is 0 Å². The zero-order valence-electron chi connectivity index (χ0n) is 39.0. The molecule has 4 heterocycles. The number of nitrogens with two attached hydrogens (primary N) is 1. The average molecular weight is 1050 g/mol. The third kappa shape index (κ3) is 10.5. The molecule has 0 radical (unpaired) electrons. The summed E-state index contributed by atoms with van der Waals surface area (Å²) in [5, 5.41) is 8.42. The molecular formula is C60H46N2O6P4S. The van der Waals surface area contributed by atoms with Crippen LogP contribution < -0.4 is 50.1 Å². The molecule has 4 aliphatic heterocycles. The molecule has 0 aromatic heterocycles. The lowest BCUT2D eigenvalue weighted by Gasteiger charge is -2.28. The molecule has 0 fully saturated rings. The van der Waals surface area contributed by atoms with E-state index in [1.54, 1.807) is 36.4 Å². The average Bonchev–Trinajstić information content (AvgIpc) is 3.46. The fourth-order valence-electron chi connectivity index (χ4n) is 8.57. The first-order valence-corrected chi connectivity index (χ1v) is 28.8. The second-order valence-corrected chi connectivity index (χ2v) is 23.1. The predicted octanol–water partition coefficient (Wildman–Crippen LogP) is 14.1. The van der Waals surface area contributed by atoms with Gasteiger partial charge in [0.05, 0.1) is 9.79 Å². The van der Waals surface area contributed by atoms with Crippen LogP contribution in [0.5, 0.6) is 23.0 Å². The summed E-state index contributed by atoms with van der Waals surface area (Å²) in [7, 11) is -3.43. The van der Waals surface area contributed by atoms with Gasteiger partial charge in [0.1, 0.15) is 49.4 Å². The normalized spacial score (nSPS) is 14.5. The molecule has 14 rings (SSSR count). The van der Waals surface area contributed by atoms with Crippen LogP contribution in [0.4, 0.5) is 11.4 Å². The zero-order chi connectivity index (χ0) is 49.6. The Morgan fingerprint density at radius 3 is 1.12 bits per heavy atom. The molecule has 0 bridgehead atoms. The number of hydrogen-bond acceptors (Lipinski definition) is 8. The van der Waals surface area contributed by atoms with Crippen molar-refractivity contribution < 1.29 is 26.5 Å². The Morgan fingerprint density at radius 1 is 0.356 bits per heavy atom. The number of rotatable bonds is 4. The van der Waals surface area contributed by atoms with Crippen LogP contribution in [-0.2, 0) is 9.84 Å². The quantitative estimate of drug-likeness (QED) is 0.133. The van der Waals surface area contributed by atoms with Crippen molar-refractivity contribution in [3.63, 3.8) is 0 Å². The van der Waals surface area contributed by atoms with E-state index < -0.39 is 18.1 Å². The van der Waals surface area contributed by atoms with Gasteiger partial charge < -0.3 is 28.9 Å². The predicted molar refractivity (Wildman–Crippen MR) is 307 cm³/mol. The molecule has 0 saturated carbocycles. The Hall–Kier alpha value is -7.33. The molecule has 4 atom stereocenters. The monoisotopic (exact) mass is 1050 g/mol. The number of sulfone groups is 1. The van der Waals surface area contributed by atoms with Crippen molar-refractivity contribution in [3.05, 3.63) is 243 Å². The van der Waals surface area contributed by atoms with Crippen LogP contribution in [0.1, 0.15) is 0 Å². The Bertz CT molecular complexity index is 3360. The van der Waals surface area contributed by atoms with E-state index in [0.29, 0.717) is 32.1 Å². The molecule has 4 unspecified atom stereocenters. The minimum absolute atomic E-state index is 0.216. The van der Waals surface area contributed by atoms with Gasteiger partial charge >= 0.3 is 0 Å². The molecule has 10 aromatic carbocycles. The maximum absolute atomic E-state index is 12.9. The van der Waals surface area contributed by atoms with Gasteiger partial charge in [0.2, 0.25) is 18.1 Å². The summed E-state index contributed by atoms with van der Waals surface area (Å²) in [5.74, 6) is 3.85. The third-order valence-corrected chi connectivity index (χ3v) is 18.6. The molecular weight excluding hydrogens is 1000 g/mol. The van der Waals surface area contributed by atoms with E-state index in [9.17, 15) is 8.42 Å². The minimum Gasteiger partial charge on any atom is -0.472 e. The molecule has 13 heteroatoms. The molecule has 8 nitrogen and oxygen atoms in total. The molecule has 358 valence electrons. The Balaban J connectivity index is 0.000000114. The number of nitrogens with one attached hydrogen (secondary N) is 1. The van der Waals surface area contributed by atoms with Crippen molar-refractivity contribution in [2.75, 3.05) is 10.8 Å². The first kappa shape index (κ1) is 48.0. The fraction of sp³-hybridized carbons (Fsp3) is 0. The van der Waals surface area contributed by atoms with Gasteiger partial charge in [-0.1, -0.05) is 164 Å². The number of fused-ring (bicyclic) bond motifs is 12. The van der Waals surface area contributed by atoms with Crippen molar-refractivity contribution >= 4 is 77.2 Å². The van der Waals surface area contributed by atoms with Gasteiger partial charge in [-0.05, 0) is 101 Å². The number of anilines is 2. The van der Waals surface area contributed by atoms with Crippen molar-refractivity contribution in [2.24, 2.45) is 0 Å². The molecule has 10 aromatic rings. The first-order chi connectivity index (χ1) is 35.9. The standard InChI is InChI=1S/C24H19N2O3PS.3C12H9OP/c25-17-9-13-19(14-10-17)31(27,28)20-15-11-18(12-16-20)26-30-24-8-4-2-6-22(24)21-5-1-3-7-23(21)29-30;3*1-3-7-11-9(5-1)10-6-2-4-8-12(10)14-13-11/h1-16,26H,25H2;3*1-8,14H. The fourth-order valence-corrected chi connectivity index (χ4v) is 14.1. The van der Waals surface area contributed by atoms with Gasteiger partial charge in [0, 0.05) is 54.8 Å². The maximum atomic E-state index is 12.9. The van der Waals surface area contributed by atoms with Crippen LogP contribution in [-0.4, -0.2) is 8.42 Å². The van der Waals surface area contributed by atoms with Crippen molar-refractivity contribution in [2.45, 2.75) is 9.79 Å². The second kappa shape index (κ2) is 21.8. The first-order valence-electron chi connectivity index (χ1n) is 23.4. The van der Waals surface area contributed by atoms with Crippen LogP contribution in [0.15, 0.2) is 252 Å². The number of hydrogen-bond donors (Lipinski definition) is 2. The van der Waals surface area contributed by atoms with E-state index in [0.717, 1.165) is 45.1 Å². The summed E-state index contributed by atoms with van der Waals surface area (Å²) in [5.41, 5.74) is 16.8. The second-order valence-electron chi connectivity index (χ2n) is 16.8. The van der Waals surface area contributed by atoms with E-state index in [4.69, 9.17) is 23.8 Å². The highest BCUT2D eigenvalue weighted by Crippen LogP contribution is 2.49. The van der Waals surface area contributed by atoms with Gasteiger partial charge in [0.25, 0.3) is 0 Å². The maximum Gasteiger partial charge on any atom is 0.223 e. The van der Waals surface area contributed by atoms with E-state index in [1.165, 1.54) is 61.4 Å². The van der Waals surface area contributed by atoms with Crippen molar-refractivity contribution in [1.82, 2.24) is 0 Å². The van der Waals surface area contributed by atoms with Gasteiger partial charge in [0.15, 0.2) is 0 Å². The van der Waals surface area contributed by atoms with E-state index in [1.807, 2.05) is 84.9 Å². The van der Waals surface area contributed by atoms with Gasteiger partial charge in [-0.25, -0.2) is 8.42 Å². The molecule has 0 saturated heterocycles. The summed E-state index contributed by atoms with van der Waals surface area (Å²) in [6, 6.07) is 78.9. The lowest BCUT2D eigenvalue weighted by Crippen LogP contribution is -2.18.